The molecule has 1 aromatic heterocycles. The maximum atomic E-state index is 12.8. The van der Waals surface area contributed by atoms with Gasteiger partial charge in [0, 0.05) is 23.4 Å². The first-order valence-electron chi connectivity index (χ1n) is 10.3. The van der Waals surface area contributed by atoms with Gasteiger partial charge >= 0.3 is 12.2 Å². The number of halogens is 3. The van der Waals surface area contributed by atoms with E-state index in [9.17, 15) is 22.8 Å². The minimum atomic E-state index is -4.51. The Morgan fingerprint density at radius 3 is 2.38 bits per heavy atom. The molecule has 11 heteroatoms. The van der Waals surface area contributed by atoms with E-state index in [1.807, 2.05) is 0 Å². The third-order valence-electron chi connectivity index (χ3n) is 4.94. The van der Waals surface area contributed by atoms with Crippen LogP contribution in [0.1, 0.15) is 24.0 Å². The number of anilines is 3. The monoisotopic (exact) mass is 471 g/mol. The molecule has 34 heavy (non-hydrogen) atoms. The summed E-state index contributed by atoms with van der Waals surface area (Å²) in [6.45, 7) is 1.75. The van der Waals surface area contributed by atoms with Crippen molar-refractivity contribution in [2.75, 3.05) is 16.0 Å². The summed E-state index contributed by atoms with van der Waals surface area (Å²) in [7, 11) is 0. The van der Waals surface area contributed by atoms with Crippen LogP contribution in [0.5, 0.6) is 11.6 Å². The van der Waals surface area contributed by atoms with E-state index in [0.717, 1.165) is 25.0 Å². The number of carbonyl (C=O) groups is 2. The highest BCUT2D eigenvalue weighted by Gasteiger charge is 2.31. The number of benzene rings is 2. The first-order valence-corrected chi connectivity index (χ1v) is 10.3. The Balaban J connectivity index is 1.38. The molecule has 4 rings (SSSR count). The van der Waals surface area contributed by atoms with Crippen molar-refractivity contribution in [2.45, 2.75) is 25.9 Å². The molecule has 0 atom stereocenters. The molecule has 0 aliphatic heterocycles. The number of nitrogens with one attached hydrogen (secondary N) is 3. The summed E-state index contributed by atoms with van der Waals surface area (Å²) in [4.78, 5) is 32.2. The van der Waals surface area contributed by atoms with Crippen LogP contribution in [0.2, 0.25) is 0 Å². The van der Waals surface area contributed by atoms with Crippen LogP contribution in [0, 0.1) is 12.8 Å². The molecule has 3 N–H and O–H groups in total. The van der Waals surface area contributed by atoms with Crippen LogP contribution in [0.15, 0.2) is 54.9 Å². The van der Waals surface area contributed by atoms with Crippen molar-refractivity contribution >= 4 is 29.1 Å². The Hall–Kier alpha value is -4.15. The third kappa shape index (κ3) is 6.00. The molecular weight excluding hydrogens is 451 g/mol. The quantitative estimate of drug-likeness (QED) is 0.435. The van der Waals surface area contributed by atoms with Gasteiger partial charge in [0.15, 0.2) is 0 Å². The van der Waals surface area contributed by atoms with Gasteiger partial charge in [0.25, 0.3) is 0 Å². The summed E-state index contributed by atoms with van der Waals surface area (Å²) in [5, 5.41) is 7.67. The van der Waals surface area contributed by atoms with Crippen LogP contribution in [0.3, 0.4) is 0 Å². The third-order valence-corrected chi connectivity index (χ3v) is 4.94. The maximum absolute atomic E-state index is 12.8. The predicted molar refractivity (Wildman–Crippen MR) is 119 cm³/mol. The number of amides is 3. The van der Waals surface area contributed by atoms with Gasteiger partial charge in [-0.3, -0.25) is 4.79 Å². The minimum Gasteiger partial charge on any atom is -0.439 e. The summed E-state index contributed by atoms with van der Waals surface area (Å²) in [6.07, 6.45) is -1.48. The molecule has 3 amide bonds. The Bertz CT molecular complexity index is 1230. The van der Waals surface area contributed by atoms with Gasteiger partial charge in [-0.1, -0.05) is 6.07 Å². The second kappa shape index (κ2) is 9.38. The molecule has 8 nitrogen and oxygen atoms in total. The highest BCUT2D eigenvalue weighted by Crippen LogP contribution is 2.32. The van der Waals surface area contributed by atoms with Crippen LogP contribution in [0.25, 0.3) is 0 Å². The second-order valence-electron chi connectivity index (χ2n) is 7.75. The predicted octanol–water partition coefficient (Wildman–Crippen LogP) is 5.59. The molecule has 1 fully saturated rings. The van der Waals surface area contributed by atoms with E-state index in [2.05, 4.69) is 25.9 Å². The number of urea groups is 1. The van der Waals surface area contributed by atoms with E-state index in [1.165, 1.54) is 24.5 Å². The Labute approximate surface area is 192 Å². The summed E-state index contributed by atoms with van der Waals surface area (Å²) in [6, 6.07) is 9.98. The largest absolute Gasteiger partial charge is 0.439 e. The molecule has 2 aromatic carbocycles. The SMILES string of the molecule is Cc1cc(NC(=O)Nc2cccc(C(F)(F)F)c2)ccc1Oc1cc(NC(=O)C2CC2)ncn1. The summed E-state index contributed by atoms with van der Waals surface area (Å²) >= 11 is 0. The highest BCUT2D eigenvalue weighted by molar-refractivity contribution is 5.99. The molecule has 0 radical (unpaired) electrons. The van der Waals surface area contributed by atoms with Gasteiger partial charge < -0.3 is 20.7 Å². The molecule has 176 valence electrons. The first-order chi connectivity index (χ1) is 16.2. The molecule has 0 unspecified atom stereocenters. The molecule has 0 spiro atoms. The second-order valence-corrected chi connectivity index (χ2v) is 7.75. The molecule has 1 heterocycles. The molecular formula is C23H20F3N5O3. The van der Waals surface area contributed by atoms with Crippen LogP contribution >= 0.6 is 0 Å². The maximum Gasteiger partial charge on any atom is 0.416 e. The Morgan fingerprint density at radius 2 is 1.71 bits per heavy atom. The lowest BCUT2D eigenvalue weighted by molar-refractivity contribution is -0.137. The van der Waals surface area contributed by atoms with Crippen molar-refractivity contribution in [1.82, 2.24) is 9.97 Å². The molecule has 0 bridgehead atoms. The zero-order chi connectivity index (χ0) is 24.3. The van der Waals surface area contributed by atoms with Gasteiger partial charge in [-0.25, -0.2) is 14.8 Å². The number of carbonyl (C=O) groups excluding carboxylic acids is 2. The van der Waals surface area contributed by atoms with Crippen molar-refractivity contribution in [3.05, 3.63) is 66.0 Å². The molecule has 1 aliphatic rings. The summed E-state index contributed by atoms with van der Waals surface area (Å²) in [5.41, 5.74) is 0.230. The topological polar surface area (TPSA) is 105 Å². The minimum absolute atomic E-state index is 0.0114. The lowest BCUT2D eigenvalue weighted by Crippen LogP contribution is -2.19. The Morgan fingerprint density at radius 1 is 0.971 bits per heavy atom. The molecule has 1 saturated carbocycles. The zero-order valence-corrected chi connectivity index (χ0v) is 17.9. The van der Waals surface area contributed by atoms with E-state index in [-0.39, 0.29) is 23.4 Å². The van der Waals surface area contributed by atoms with E-state index in [1.54, 1.807) is 25.1 Å². The highest BCUT2D eigenvalue weighted by atomic mass is 19.4. The van der Waals surface area contributed by atoms with Gasteiger partial charge in [-0.2, -0.15) is 13.2 Å². The number of aromatic nitrogens is 2. The summed E-state index contributed by atoms with van der Waals surface area (Å²) in [5.74, 6) is 0.977. The number of rotatable bonds is 6. The van der Waals surface area contributed by atoms with Crippen LogP contribution in [0.4, 0.5) is 35.2 Å². The average molecular weight is 471 g/mol. The molecule has 0 saturated heterocycles. The van der Waals surface area contributed by atoms with E-state index < -0.39 is 17.8 Å². The fourth-order valence-corrected chi connectivity index (χ4v) is 3.06. The number of aryl methyl sites for hydroxylation is 1. The van der Waals surface area contributed by atoms with Gasteiger partial charge in [0.2, 0.25) is 11.8 Å². The summed E-state index contributed by atoms with van der Waals surface area (Å²) < 4.78 is 44.3. The lowest BCUT2D eigenvalue weighted by atomic mass is 10.2. The van der Waals surface area contributed by atoms with Crippen molar-refractivity contribution in [1.29, 1.82) is 0 Å². The van der Waals surface area contributed by atoms with Gasteiger partial charge in [0.05, 0.1) is 5.56 Å². The van der Waals surface area contributed by atoms with E-state index in [0.29, 0.717) is 22.8 Å². The van der Waals surface area contributed by atoms with Crippen molar-refractivity contribution in [2.24, 2.45) is 5.92 Å². The van der Waals surface area contributed by atoms with E-state index >= 15 is 0 Å². The normalized spacial score (nSPS) is 13.2. The molecule has 1 aliphatic carbocycles. The number of hydrogen-bond acceptors (Lipinski definition) is 5. The zero-order valence-electron chi connectivity index (χ0n) is 17.9. The smallest absolute Gasteiger partial charge is 0.416 e. The van der Waals surface area contributed by atoms with Crippen molar-refractivity contribution in [3.63, 3.8) is 0 Å². The van der Waals surface area contributed by atoms with Crippen molar-refractivity contribution < 1.29 is 27.5 Å². The van der Waals surface area contributed by atoms with Crippen LogP contribution in [-0.2, 0) is 11.0 Å². The molecule has 3 aromatic rings. The van der Waals surface area contributed by atoms with Gasteiger partial charge in [-0.05, 0) is 61.7 Å². The van der Waals surface area contributed by atoms with Crippen molar-refractivity contribution in [3.8, 4) is 11.6 Å². The lowest BCUT2D eigenvalue weighted by Gasteiger charge is -2.13. The van der Waals surface area contributed by atoms with Gasteiger partial charge in [0.1, 0.15) is 17.9 Å². The fraction of sp³-hybridized carbons (Fsp3) is 0.217. The van der Waals surface area contributed by atoms with Gasteiger partial charge in [-0.15, -0.1) is 0 Å². The number of alkyl halides is 3. The van der Waals surface area contributed by atoms with Crippen LogP contribution in [-0.4, -0.2) is 21.9 Å². The fourth-order valence-electron chi connectivity index (χ4n) is 3.06. The number of ether oxygens (including phenoxy) is 1. The first kappa shape index (κ1) is 23.0. The number of hydrogen-bond donors (Lipinski definition) is 3. The Kier molecular flexibility index (Phi) is 6.35. The average Bonchev–Trinajstić information content (AvgIpc) is 3.61. The number of nitrogens with zero attached hydrogens (tertiary/aromatic N) is 2. The standard InChI is InChI=1S/C23H20F3N5O3/c1-13-9-17(30-22(33)29-16-4-2-3-15(10-16)23(24,25)26)7-8-18(13)34-20-11-19(27-12-28-20)31-21(32)14-5-6-14/h2-4,7-12,14H,5-6H2,1H3,(H2,29,30,33)(H,27,28,31,32). The van der Waals surface area contributed by atoms with E-state index in [4.69, 9.17) is 4.74 Å². The van der Waals surface area contributed by atoms with Crippen LogP contribution < -0.4 is 20.7 Å².